The van der Waals surface area contributed by atoms with Gasteiger partial charge in [0.05, 0.1) is 18.6 Å². The summed E-state index contributed by atoms with van der Waals surface area (Å²) in [7, 11) is -3.66. The molecule has 3 aromatic heterocycles. The van der Waals surface area contributed by atoms with E-state index in [9.17, 15) is 18.0 Å². The van der Waals surface area contributed by atoms with Crippen LogP contribution in [0.4, 0.5) is 5.82 Å². The van der Waals surface area contributed by atoms with E-state index in [0.29, 0.717) is 30.2 Å². The Hall–Kier alpha value is -5.26. The van der Waals surface area contributed by atoms with Gasteiger partial charge in [0, 0.05) is 32.7 Å². The number of esters is 2. The maximum absolute atomic E-state index is 12.9. The number of fused-ring (bicyclic) bond motifs is 1. The SMILES string of the molecule is CCc1nc([C@H]2O[C@@H](n3cnc4c(NCC(c5ccccc5)c5ccccc5)nc(CNS(=O)(=O)CC(C)C)nc43)[C@H](OC(C)=O)[C@@H]2OC(C)=O)no1. The number of hydrogen-bond acceptors (Lipinski definition) is 14. The van der Waals surface area contributed by atoms with Gasteiger partial charge in [-0.3, -0.25) is 14.2 Å². The largest absolute Gasteiger partial charge is 0.455 e. The lowest BCUT2D eigenvalue weighted by Gasteiger charge is -2.23. The van der Waals surface area contributed by atoms with E-state index in [1.807, 2.05) is 81.4 Å². The zero-order valence-corrected chi connectivity index (χ0v) is 30.8. The summed E-state index contributed by atoms with van der Waals surface area (Å²) in [6.07, 6.45) is -2.69. The number of anilines is 1. The second kappa shape index (κ2) is 16.2. The molecule has 0 aliphatic carbocycles. The van der Waals surface area contributed by atoms with Gasteiger partial charge in [0.1, 0.15) is 5.82 Å². The standard InChI is InChI=1S/C36H42N8O8S/c1-6-28-42-34(43-52-28)31-30(49-22(4)45)32(50-23(5)46)36(51-31)44-20-38-29-33(40-27(41-35(29)44)18-39-53(47,48)19-21(2)3)37-17-26(24-13-9-7-10-14-24)25-15-11-8-12-16-25/h7-16,20-21,26,30-32,36,39H,6,17-19H2,1-5H3,(H,37,40,41)/t30-,31+,32-,36-/m1/s1. The van der Waals surface area contributed by atoms with Crippen molar-refractivity contribution in [3.63, 3.8) is 0 Å². The molecule has 16 nitrogen and oxygen atoms in total. The van der Waals surface area contributed by atoms with Gasteiger partial charge in [-0.2, -0.15) is 4.98 Å². The summed E-state index contributed by atoms with van der Waals surface area (Å²) in [6, 6.07) is 20.0. The number of nitrogens with one attached hydrogen (secondary N) is 2. The molecular formula is C36H42N8O8S. The Morgan fingerprint density at radius 3 is 2.15 bits per heavy atom. The zero-order chi connectivity index (χ0) is 37.7. The molecule has 2 N–H and O–H groups in total. The lowest BCUT2D eigenvalue weighted by Crippen LogP contribution is -2.37. The lowest BCUT2D eigenvalue weighted by atomic mass is 9.91. The Balaban J connectivity index is 1.43. The first-order valence-corrected chi connectivity index (χ1v) is 18.9. The predicted molar refractivity (Wildman–Crippen MR) is 192 cm³/mol. The number of sulfonamides is 1. The van der Waals surface area contributed by atoms with Crippen molar-refractivity contribution in [1.29, 1.82) is 0 Å². The molecule has 6 rings (SSSR count). The molecule has 4 atom stereocenters. The molecule has 1 fully saturated rings. The van der Waals surface area contributed by atoms with E-state index in [1.54, 1.807) is 0 Å². The number of carbonyl (C=O) groups is 2. The minimum Gasteiger partial charge on any atom is -0.455 e. The first kappa shape index (κ1) is 37.5. The average Bonchev–Trinajstić information content (AvgIpc) is 3.85. The van der Waals surface area contributed by atoms with Gasteiger partial charge in [-0.1, -0.05) is 86.6 Å². The number of imidazole rings is 1. The van der Waals surface area contributed by atoms with Gasteiger partial charge in [0.25, 0.3) is 0 Å². The van der Waals surface area contributed by atoms with Gasteiger partial charge >= 0.3 is 11.9 Å². The van der Waals surface area contributed by atoms with Crippen molar-refractivity contribution in [3.8, 4) is 0 Å². The molecule has 0 saturated carbocycles. The second-order valence-electron chi connectivity index (χ2n) is 13.1. The summed E-state index contributed by atoms with van der Waals surface area (Å²) in [6.45, 7) is 8.10. The molecule has 0 amide bonds. The van der Waals surface area contributed by atoms with Crippen molar-refractivity contribution in [3.05, 3.63) is 95.7 Å². The number of hydrogen-bond donors (Lipinski definition) is 2. The molecule has 0 unspecified atom stereocenters. The lowest BCUT2D eigenvalue weighted by molar-refractivity contribution is -0.165. The summed E-state index contributed by atoms with van der Waals surface area (Å²) in [5.74, 6) is -0.655. The molecule has 280 valence electrons. The molecule has 0 bridgehead atoms. The first-order valence-electron chi connectivity index (χ1n) is 17.3. The number of benzene rings is 2. The Labute approximate surface area is 306 Å². The zero-order valence-electron chi connectivity index (χ0n) is 30.0. The summed E-state index contributed by atoms with van der Waals surface area (Å²) < 4.78 is 53.0. The van der Waals surface area contributed by atoms with E-state index in [4.69, 9.17) is 28.7 Å². The molecule has 1 saturated heterocycles. The van der Waals surface area contributed by atoms with Crippen LogP contribution in [0.1, 0.15) is 81.5 Å². The molecule has 17 heteroatoms. The summed E-state index contributed by atoms with van der Waals surface area (Å²) >= 11 is 0. The van der Waals surface area contributed by atoms with Crippen LogP contribution in [0.15, 0.2) is 71.5 Å². The predicted octanol–water partition coefficient (Wildman–Crippen LogP) is 4.22. The van der Waals surface area contributed by atoms with Crippen molar-refractivity contribution in [2.75, 3.05) is 17.6 Å². The molecule has 0 radical (unpaired) electrons. The smallest absolute Gasteiger partial charge is 0.303 e. The number of nitrogens with zero attached hydrogens (tertiary/aromatic N) is 6. The number of aryl methyl sites for hydroxylation is 1. The highest BCUT2D eigenvalue weighted by Crippen LogP contribution is 2.43. The van der Waals surface area contributed by atoms with E-state index >= 15 is 0 Å². The highest BCUT2D eigenvalue weighted by molar-refractivity contribution is 7.89. The van der Waals surface area contributed by atoms with Crippen LogP contribution < -0.4 is 10.0 Å². The van der Waals surface area contributed by atoms with Crippen LogP contribution in [-0.4, -0.2) is 74.5 Å². The second-order valence-corrected chi connectivity index (χ2v) is 14.9. The molecule has 5 aromatic rings. The summed E-state index contributed by atoms with van der Waals surface area (Å²) in [5.41, 5.74) is 2.72. The number of carbonyl (C=O) groups excluding carboxylic acids is 2. The third-order valence-corrected chi connectivity index (χ3v) is 10.1. The molecule has 1 aliphatic heterocycles. The van der Waals surface area contributed by atoms with Crippen molar-refractivity contribution < 1.29 is 36.7 Å². The van der Waals surface area contributed by atoms with Crippen molar-refractivity contribution >= 4 is 38.9 Å². The monoisotopic (exact) mass is 746 g/mol. The first-order chi connectivity index (χ1) is 25.4. The molecule has 53 heavy (non-hydrogen) atoms. The van der Waals surface area contributed by atoms with Crippen LogP contribution in [-0.2, 0) is 46.8 Å². The van der Waals surface area contributed by atoms with Crippen molar-refractivity contribution in [1.82, 2.24) is 34.4 Å². The Kier molecular flexibility index (Phi) is 11.4. The highest BCUT2D eigenvalue weighted by Gasteiger charge is 2.53. The molecular weight excluding hydrogens is 705 g/mol. The van der Waals surface area contributed by atoms with E-state index in [-0.39, 0.29) is 41.4 Å². The number of rotatable bonds is 15. The van der Waals surface area contributed by atoms with Crippen LogP contribution in [0.5, 0.6) is 0 Å². The van der Waals surface area contributed by atoms with Crippen LogP contribution in [0, 0.1) is 5.92 Å². The average molecular weight is 747 g/mol. The molecule has 1 aliphatic rings. The van der Waals surface area contributed by atoms with Crippen molar-refractivity contribution in [2.45, 2.75) is 78.0 Å². The molecule has 2 aromatic carbocycles. The molecule has 0 spiro atoms. The van der Waals surface area contributed by atoms with E-state index in [1.165, 1.54) is 24.7 Å². The van der Waals surface area contributed by atoms with Crippen LogP contribution in [0.3, 0.4) is 0 Å². The number of aromatic nitrogens is 6. The van der Waals surface area contributed by atoms with Gasteiger partial charge in [0.2, 0.25) is 21.7 Å². The summed E-state index contributed by atoms with van der Waals surface area (Å²) in [4.78, 5) is 43.3. The van der Waals surface area contributed by atoms with Crippen LogP contribution in [0.2, 0.25) is 0 Å². The van der Waals surface area contributed by atoms with Gasteiger partial charge in [-0.15, -0.1) is 0 Å². The topological polar surface area (TPSA) is 203 Å². The van der Waals surface area contributed by atoms with E-state index in [2.05, 4.69) is 25.2 Å². The normalized spacial score (nSPS) is 18.8. The van der Waals surface area contributed by atoms with Gasteiger partial charge in [-0.05, 0) is 17.0 Å². The maximum Gasteiger partial charge on any atom is 0.303 e. The Bertz CT molecular complexity index is 2100. The van der Waals surface area contributed by atoms with Crippen molar-refractivity contribution in [2.24, 2.45) is 5.92 Å². The van der Waals surface area contributed by atoms with Gasteiger partial charge in [0.15, 0.2) is 41.5 Å². The van der Waals surface area contributed by atoms with Crippen LogP contribution >= 0.6 is 0 Å². The van der Waals surface area contributed by atoms with E-state index < -0.39 is 46.5 Å². The van der Waals surface area contributed by atoms with Gasteiger partial charge in [-0.25, -0.2) is 28.1 Å². The third kappa shape index (κ3) is 8.86. The van der Waals surface area contributed by atoms with Crippen LogP contribution in [0.25, 0.3) is 11.2 Å². The quantitative estimate of drug-likeness (QED) is 0.144. The fraction of sp³-hybridized carbons (Fsp3) is 0.417. The van der Waals surface area contributed by atoms with E-state index in [0.717, 1.165) is 11.1 Å². The van der Waals surface area contributed by atoms with Gasteiger partial charge < -0.3 is 24.1 Å². The minimum atomic E-state index is -3.66. The Morgan fingerprint density at radius 1 is 0.925 bits per heavy atom. The summed E-state index contributed by atoms with van der Waals surface area (Å²) in [5, 5.41) is 7.48. The fourth-order valence-electron chi connectivity index (χ4n) is 6.26. The Morgan fingerprint density at radius 2 is 1.57 bits per heavy atom. The highest BCUT2D eigenvalue weighted by atomic mass is 32.2. The fourth-order valence-corrected chi connectivity index (χ4v) is 7.60. The minimum absolute atomic E-state index is 0.0805. The third-order valence-electron chi connectivity index (χ3n) is 8.46. The molecule has 4 heterocycles. The maximum atomic E-state index is 12.9. The number of ether oxygens (including phenoxy) is 3.